The average molecular weight is 512 g/mol. The van der Waals surface area contributed by atoms with E-state index < -0.39 is 10.0 Å². The van der Waals surface area contributed by atoms with Crippen molar-refractivity contribution >= 4 is 43.2 Å². The highest BCUT2D eigenvalue weighted by molar-refractivity contribution is 9.10. The van der Waals surface area contributed by atoms with Gasteiger partial charge in [0.2, 0.25) is 10.0 Å². The summed E-state index contributed by atoms with van der Waals surface area (Å²) in [7, 11) is -2.13. The van der Waals surface area contributed by atoms with E-state index in [0.717, 1.165) is 21.3 Å². The van der Waals surface area contributed by atoms with Gasteiger partial charge in [0, 0.05) is 21.7 Å². The van der Waals surface area contributed by atoms with E-state index in [4.69, 9.17) is 26.2 Å². The van der Waals surface area contributed by atoms with E-state index in [9.17, 15) is 8.42 Å². The van der Waals surface area contributed by atoms with E-state index >= 15 is 0 Å². The molecule has 9 heteroatoms. The van der Waals surface area contributed by atoms with Crippen LogP contribution in [0, 0.1) is 0 Å². The zero-order valence-electron chi connectivity index (χ0n) is 16.1. The molecule has 0 amide bonds. The van der Waals surface area contributed by atoms with Crippen LogP contribution in [0.3, 0.4) is 0 Å². The second-order valence-electron chi connectivity index (χ2n) is 6.44. The van der Waals surface area contributed by atoms with Gasteiger partial charge in [0.15, 0.2) is 11.5 Å². The Balaban J connectivity index is 1.70. The first kappa shape index (κ1) is 22.4. The third kappa shape index (κ3) is 5.89. The maximum atomic E-state index is 11.3. The van der Waals surface area contributed by atoms with Crippen molar-refractivity contribution in [3.8, 4) is 11.5 Å². The number of anilines is 1. The molecule has 0 aliphatic rings. The Kier molecular flexibility index (Phi) is 7.25. The summed E-state index contributed by atoms with van der Waals surface area (Å²) in [6, 6.07) is 17.4. The lowest BCUT2D eigenvalue weighted by Gasteiger charge is -2.15. The first-order valence-electron chi connectivity index (χ1n) is 8.86. The molecule has 0 unspecified atom stereocenters. The van der Waals surface area contributed by atoms with Crippen molar-refractivity contribution in [2.45, 2.75) is 18.0 Å². The summed E-state index contributed by atoms with van der Waals surface area (Å²) >= 11 is 9.58. The van der Waals surface area contributed by atoms with Crippen molar-refractivity contribution in [2.75, 3.05) is 12.4 Å². The number of primary sulfonamides is 1. The summed E-state index contributed by atoms with van der Waals surface area (Å²) in [6.45, 7) is 0.845. The average Bonchev–Trinajstić information content (AvgIpc) is 2.71. The second-order valence-corrected chi connectivity index (χ2v) is 9.29. The molecule has 0 aliphatic carbocycles. The van der Waals surface area contributed by atoms with Gasteiger partial charge < -0.3 is 14.8 Å². The minimum Gasteiger partial charge on any atom is -0.493 e. The summed E-state index contributed by atoms with van der Waals surface area (Å²) in [5.74, 6) is 1.20. The Morgan fingerprint density at radius 3 is 2.43 bits per heavy atom. The lowest BCUT2D eigenvalue weighted by molar-refractivity contribution is 0.284. The van der Waals surface area contributed by atoms with Gasteiger partial charge in [0.05, 0.1) is 12.0 Å². The quantitative estimate of drug-likeness (QED) is 0.447. The van der Waals surface area contributed by atoms with Crippen LogP contribution in [0.25, 0.3) is 0 Å². The Labute approximate surface area is 189 Å². The van der Waals surface area contributed by atoms with E-state index in [2.05, 4.69) is 21.2 Å². The molecule has 0 aromatic heterocycles. The first-order valence-corrected chi connectivity index (χ1v) is 11.6. The van der Waals surface area contributed by atoms with Gasteiger partial charge in [-0.2, -0.15) is 0 Å². The van der Waals surface area contributed by atoms with Crippen molar-refractivity contribution in [3.05, 3.63) is 81.3 Å². The minimum absolute atomic E-state index is 0.0668. The second kappa shape index (κ2) is 9.70. The monoisotopic (exact) mass is 510 g/mol. The van der Waals surface area contributed by atoms with E-state index in [-0.39, 0.29) is 4.90 Å². The molecule has 0 bridgehead atoms. The van der Waals surface area contributed by atoms with Crippen LogP contribution in [0.15, 0.2) is 70.0 Å². The van der Waals surface area contributed by atoms with E-state index in [1.165, 1.54) is 12.1 Å². The Morgan fingerprint density at radius 2 is 1.80 bits per heavy atom. The fourth-order valence-electron chi connectivity index (χ4n) is 2.73. The Morgan fingerprint density at radius 1 is 1.07 bits per heavy atom. The van der Waals surface area contributed by atoms with Crippen molar-refractivity contribution in [1.82, 2.24) is 0 Å². The predicted octanol–water partition coefficient (Wildman–Crippen LogP) is 4.95. The minimum atomic E-state index is -3.71. The zero-order chi connectivity index (χ0) is 21.7. The molecular formula is C21H20BrClN2O4S. The fourth-order valence-corrected chi connectivity index (χ4v) is 3.92. The van der Waals surface area contributed by atoms with Crippen molar-refractivity contribution in [1.29, 1.82) is 0 Å². The van der Waals surface area contributed by atoms with Gasteiger partial charge in [-0.05, 0) is 59.7 Å². The van der Waals surface area contributed by atoms with Gasteiger partial charge in [0.1, 0.15) is 6.61 Å². The molecule has 0 spiro atoms. The van der Waals surface area contributed by atoms with Gasteiger partial charge >= 0.3 is 0 Å². The van der Waals surface area contributed by atoms with Crippen LogP contribution in [0.1, 0.15) is 11.1 Å². The van der Waals surface area contributed by atoms with Crippen LogP contribution < -0.4 is 19.9 Å². The Hall–Kier alpha value is -2.26. The van der Waals surface area contributed by atoms with Crippen LogP contribution in [0.5, 0.6) is 11.5 Å². The standard InChI is InChI=1S/C21H20BrClN2O4S/c1-28-20-10-15(12-25-17-5-7-18(8-6-17)30(24,26)27)19(22)11-21(20)29-13-14-3-2-4-16(23)9-14/h2-11,25H,12-13H2,1H3,(H2,24,26,27). The smallest absolute Gasteiger partial charge is 0.238 e. The molecule has 0 saturated heterocycles. The molecule has 6 nitrogen and oxygen atoms in total. The number of hydrogen-bond donors (Lipinski definition) is 2. The third-order valence-electron chi connectivity index (χ3n) is 4.28. The number of nitrogens with one attached hydrogen (secondary N) is 1. The first-order chi connectivity index (χ1) is 14.3. The molecule has 3 aromatic rings. The van der Waals surface area contributed by atoms with E-state index in [0.29, 0.717) is 29.7 Å². The van der Waals surface area contributed by atoms with Crippen LogP contribution in [0.4, 0.5) is 5.69 Å². The SMILES string of the molecule is COc1cc(CNc2ccc(S(N)(=O)=O)cc2)c(Br)cc1OCc1cccc(Cl)c1. The van der Waals surface area contributed by atoms with Crippen LogP contribution in [-0.2, 0) is 23.2 Å². The number of sulfonamides is 1. The molecule has 0 heterocycles. The summed E-state index contributed by atoms with van der Waals surface area (Å²) in [6.07, 6.45) is 0. The molecule has 0 atom stereocenters. The number of benzene rings is 3. The van der Waals surface area contributed by atoms with E-state index in [1.54, 1.807) is 19.2 Å². The number of hydrogen-bond acceptors (Lipinski definition) is 5. The predicted molar refractivity (Wildman–Crippen MR) is 122 cm³/mol. The summed E-state index contributed by atoms with van der Waals surface area (Å²) in [5.41, 5.74) is 2.65. The maximum Gasteiger partial charge on any atom is 0.238 e. The molecule has 3 aromatic carbocycles. The topological polar surface area (TPSA) is 90.6 Å². The highest BCUT2D eigenvalue weighted by atomic mass is 79.9. The van der Waals surface area contributed by atoms with Crippen LogP contribution >= 0.6 is 27.5 Å². The lowest BCUT2D eigenvalue weighted by atomic mass is 10.2. The number of nitrogens with two attached hydrogens (primary N) is 1. The van der Waals surface area contributed by atoms with Gasteiger partial charge in [-0.3, -0.25) is 0 Å². The number of methoxy groups -OCH3 is 1. The molecule has 3 rings (SSSR count). The van der Waals surface area contributed by atoms with Crippen molar-refractivity contribution in [3.63, 3.8) is 0 Å². The van der Waals surface area contributed by atoms with Gasteiger partial charge in [-0.1, -0.05) is 39.7 Å². The largest absolute Gasteiger partial charge is 0.493 e. The van der Waals surface area contributed by atoms with Crippen LogP contribution in [0.2, 0.25) is 5.02 Å². The highest BCUT2D eigenvalue weighted by Crippen LogP contribution is 2.34. The normalized spacial score (nSPS) is 11.2. The summed E-state index contributed by atoms with van der Waals surface area (Å²) in [4.78, 5) is 0.0668. The highest BCUT2D eigenvalue weighted by Gasteiger charge is 2.12. The van der Waals surface area contributed by atoms with Gasteiger partial charge in [-0.25, -0.2) is 13.6 Å². The fraction of sp³-hybridized carbons (Fsp3) is 0.143. The lowest BCUT2D eigenvalue weighted by Crippen LogP contribution is -2.12. The van der Waals surface area contributed by atoms with Crippen molar-refractivity contribution < 1.29 is 17.9 Å². The molecule has 0 saturated carbocycles. The Bertz CT molecular complexity index is 1140. The molecule has 3 N–H and O–H groups in total. The number of rotatable bonds is 8. The van der Waals surface area contributed by atoms with E-state index in [1.807, 2.05) is 36.4 Å². The zero-order valence-corrected chi connectivity index (χ0v) is 19.2. The summed E-state index contributed by atoms with van der Waals surface area (Å²) in [5, 5.41) is 9.01. The maximum absolute atomic E-state index is 11.3. The molecule has 30 heavy (non-hydrogen) atoms. The summed E-state index contributed by atoms with van der Waals surface area (Å²) < 4.78 is 34.9. The van der Waals surface area contributed by atoms with Gasteiger partial charge in [-0.15, -0.1) is 0 Å². The number of ether oxygens (including phenoxy) is 2. The van der Waals surface area contributed by atoms with Crippen LogP contribution in [-0.4, -0.2) is 15.5 Å². The number of halogens is 2. The van der Waals surface area contributed by atoms with Gasteiger partial charge in [0.25, 0.3) is 0 Å². The molecule has 0 fully saturated rings. The molecule has 0 radical (unpaired) electrons. The molecule has 0 aliphatic heterocycles. The molecular weight excluding hydrogens is 492 g/mol. The third-order valence-corrected chi connectivity index (χ3v) is 6.18. The molecule has 158 valence electrons. The van der Waals surface area contributed by atoms with Crippen molar-refractivity contribution in [2.24, 2.45) is 5.14 Å².